The summed E-state index contributed by atoms with van der Waals surface area (Å²) in [4.78, 5) is 2.39. The molecule has 0 aromatic heterocycles. The molecule has 1 heterocycles. The van der Waals surface area contributed by atoms with Gasteiger partial charge >= 0.3 is 0 Å². The summed E-state index contributed by atoms with van der Waals surface area (Å²) >= 11 is 0. The average Bonchev–Trinajstić information content (AvgIpc) is 2.34. The van der Waals surface area contributed by atoms with Gasteiger partial charge in [-0.1, -0.05) is 12.5 Å². The van der Waals surface area contributed by atoms with Crippen LogP contribution in [0, 0.1) is 12.7 Å². The van der Waals surface area contributed by atoms with Crippen molar-refractivity contribution in [1.29, 1.82) is 0 Å². The van der Waals surface area contributed by atoms with Crippen molar-refractivity contribution in [3.05, 3.63) is 35.1 Å². The van der Waals surface area contributed by atoms with E-state index in [1.165, 1.54) is 25.3 Å². The molecule has 0 spiro atoms. The zero-order valence-electron chi connectivity index (χ0n) is 10.9. The Hall–Kier alpha value is -0.640. The van der Waals surface area contributed by atoms with Gasteiger partial charge in [0.25, 0.3) is 0 Å². The fourth-order valence-electron chi connectivity index (χ4n) is 2.56. The molecule has 0 saturated carbocycles. The van der Waals surface area contributed by atoms with Crippen LogP contribution in [0.15, 0.2) is 18.2 Å². The van der Waals surface area contributed by atoms with Crippen LogP contribution in [0.5, 0.6) is 0 Å². The van der Waals surface area contributed by atoms with Gasteiger partial charge in [-0.2, -0.15) is 0 Å². The predicted molar refractivity (Wildman–Crippen MR) is 75.5 cm³/mol. The lowest BCUT2D eigenvalue weighted by molar-refractivity contribution is 0.144. The predicted octanol–water partition coefficient (Wildman–Crippen LogP) is 2.87. The Bertz CT molecular complexity index is 384. The van der Waals surface area contributed by atoms with Crippen LogP contribution in [0.2, 0.25) is 0 Å². The quantitative estimate of drug-likeness (QED) is 0.917. The summed E-state index contributed by atoms with van der Waals surface area (Å²) in [5, 5.41) is 0. The number of rotatable bonds is 3. The normalized spacial score (nSPS) is 20.5. The Morgan fingerprint density at radius 1 is 1.39 bits per heavy atom. The van der Waals surface area contributed by atoms with Gasteiger partial charge in [-0.15, -0.1) is 12.4 Å². The Kier molecular flexibility index (Phi) is 6.06. The molecular weight excluding hydrogens is 251 g/mol. The van der Waals surface area contributed by atoms with Crippen molar-refractivity contribution in [2.24, 2.45) is 5.73 Å². The summed E-state index contributed by atoms with van der Waals surface area (Å²) in [6.45, 7) is 4.65. The molecular formula is C14H22ClFN2. The van der Waals surface area contributed by atoms with E-state index in [1.54, 1.807) is 6.07 Å². The van der Waals surface area contributed by atoms with E-state index in [0.29, 0.717) is 12.6 Å². The Morgan fingerprint density at radius 2 is 2.17 bits per heavy atom. The molecule has 0 amide bonds. The Labute approximate surface area is 115 Å². The minimum absolute atomic E-state index is 0. The summed E-state index contributed by atoms with van der Waals surface area (Å²) in [7, 11) is 0. The molecule has 1 aromatic rings. The van der Waals surface area contributed by atoms with E-state index in [9.17, 15) is 4.39 Å². The van der Waals surface area contributed by atoms with Crippen molar-refractivity contribution in [3.63, 3.8) is 0 Å². The van der Waals surface area contributed by atoms with E-state index >= 15 is 0 Å². The third kappa shape index (κ3) is 3.67. The van der Waals surface area contributed by atoms with E-state index in [1.807, 2.05) is 13.0 Å². The standard InChI is InChI=1S/C14H21FN2.ClH/c1-11-5-6-13(15)8-12(11)10-17-7-3-2-4-14(17)9-16;/h5-6,8,14H,2-4,7,9-10,16H2,1H3;1H. The highest BCUT2D eigenvalue weighted by molar-refractivity contribution is 5.85. The van der Waals surface area contributed by atoms with Gasteiger partial charge in [-0.05, 0) is 49.6 Å². The third-order valence-electron chi connectivity index (χ3n) is 3.71. The smallest absolute Gasteiger partial charge is 0.123 e. The molecule has 2 nitrogen and oxygen atoms in total. The van der Waals surface area contributed by atoms with E-state index < -0.39 is 0 Å². The molecule has 1 aliphatic rings. The molecule has 0 radical (unpaired) electrons. The highest BCUT2D eigenvalue weighted by Gasteiger charge is 2.21. The maximum Gasteiger partial charge on any atom is 0.123 e. The molecule has 4 heteroatoms. The highest BCUT2D eigenvalue weighted by Crippen LogP contribution is 2.20. The molecule has 1 unspecified atom stereocenters. The molecule has 1 fully saturated rings. The highest BCUT2D eigenvalue weighted by atomic mass is 35.5. The summed E-state index contributed by atoms with van der Waals surface area (Å²) in [6, 6.07) is 5.49. The molecule has 0 bridgehead atoms. The second-order valence-corrected chi connectivity index (χ2v) is 4.93. The second kappa shape index (κ2) is 7.07. The number of hydrogen-bond donors (Lipinski definition) is 1. The lowest BCUT2D eigenvalue weighted by atomic mass is 10.00. The molecule has 18 heavy (non-hydrogen) atoms. The van der Waals surface area contributed by atoms with Crippen LogP contribution in [0.3, 0.4) is 0 Å². The molecule has 102 valence electrons. The van der Waals surface area contributed by atoms with Crippen molar-refractivity contribution in [1.82, 2.24) is 4.90 Å². The fraction of sp³-hybridized carbons (Fsp3) is 0.571. The van der Waals surface area contributed by atoms with Gasteiger partial charge in [0.05, 0.1) is 0 Å². The summed E-state index contributed by atoms with van der Waals surface area (Å²) in [5.74, 6) is -0.146. The monoisotopic (exact) mass is 272 g/mol. The van der Waals surface area contributed by atoms with Crippen molar-refractivity contribution in [2.75, 3.05) is 13.1 Å². The Morgan fingerprint density at radius 3 is 2.89 bits per heavy atom. The average molecular weight is 273 g/mol. The lowest BCUT2D eigenvalue weighted by Gasteiger charge is -2.35. The van der Waals surface area contributed by atoms with Crippen molar-refractivity contribution >= 4 is 12.4 Å². The molecule has 2 rings (SSSR count). The first-order valence-corrected chi connectivity index (χ1v) is 6.40. The maximum atomic E-state index is 13.2. The number of benzene rings is 1. The number of halogens is 2. The zero-order chi connectivity index (χ0) is 12.3. The van der Waals surface area contributed by atoms with E-state index in [4.69, 9.17) is 5.73 Å². The number of piperidine rings is 1. The minimum Gasteiger partial charge on any atom is -0.329 e. The van der Waals surface area contributed by atoms with E-state index in [2.05, 4.69) is 4.90 Å². The van der Waals surface area contributed by atoms with E-state index in [-0.39, 0.29) is 18.2 Å². The van der Waals surface area contributed by atoms with E-state index in [0.717, 1.165) is 24.2 Å². The molecule has 2 N–H and O–H groups in total. The number of nitrogens with zero attached hydrogens (tertiary/aromatic N) is 1. The van der Waals surface area contributed by atoms with Crippen LogP contribution in [-0.2, 0) is 6.54 Å². The summed E-state index contributed by atoms with van der Waals surface area (Å²) in [5.41, 5.74) is 8.05. The van der Waals surface area contributed by atoms with Crippen LogP contribution in [0.1, 0.15) is 30.4 Å². The maximum absolute atomic E-state index is 13.2. The van der Waals surface area contributed by atoms with Gasteiger partial charge in [-0.25, -0.2) is 4.39 Å². The molecule has 1 saturated heterocycles. The van der Waals surface area contributed by atoms with Crippen LogP contribution in [0.25, 0.3) is 0 Å². The number of aryl methyl sites for hydroxylation is 1. The Balaban J connectivity index is 0.00000162. The van der Waals surface area contributed by atoms with Crippen LogP contribution in [-0.4, -0.2) is 24.0 Å². The van der Waals surface area contributed by atoms with Crippen molar-refractivity contribution < 1.29 is 4.39 Å². The largest absolute Gasteiger partial charge is 0.329 e. The number of hydrogen-bond acceptors (Lipinski definition) is 2. The summed E-state index contributed by atoms with van der Waals surface area (Å²) < 4.78 is 13.2. The van der Waals surface area contributed by atoms with Gasteiger partial charge in [0.1, 0.15) is 5.82 Å². The number of nitrogens with two attached hydrogens (primary N) is 1. The first-order valence-electron chi connectivity index (χ1n) is 6.40. The van der Waals surface area contributed by atoms with Crippen molar-refractivity contribution in [3.8, 4) is 0 Å². The van der Waals surface area contributed by atoms with Crippen LogP contribution in [0.4, 0.5) is 4.39 Å². The van der Waals surface area contributed by atoms with Crippen molar-refractivity contribution in [2.45, 2.75) is 38.8 Å². The van der Waals surface area contributed by atoms with Gasteiger partial charge in [0.15, 0.2) is 0 Å². The summed E-state index contributed by atoms with van der Waals surface area (Å²) in [6.07, 6.45) is 3.66. The first kappa shape index (κ1) is 15.4. The second-order valence-electron chi connectivity index (χ2n) is 4.93. The van der Waals surface area contributed by atoms with Gasteiger partial charge in [0, 0.05) is 19.1 Å². The van der Waals surface area contributed by atoms with Gasteiger partial charge < -0.3 is 5.73 Å². The number of likely N-dealkylation sites (tertiary alicyclic amines) is 1. The molecule has 1 aromatic carbocycles. The molecule has 0 aliphatic carbocycles. The minimum atomic E-state index is -0.146. The fourth-order valence-corrected chi connectivity index (χ4v) is 2.56. The first-order chi connectivity index (χ1) is 8.20. The third-order valence-corrected chi connectivity index (χ3v) is 3.71. The topological polar surface area (TPSA) is 29.3 Å². The van der Waals surface area contributed by atoms with Crippen LogP contribution >= 0.6 is 12.4 Å². The van der Waals surface area contributed by atoms with Crippen LogP contribution < -0.4 is 5.73 Å². The SMILES string of the molecule is Cc1ccc(F)cc1CN1CCCCC1CN.Cl. The van der Waals surface area contributed by atoms with Gasteiger partial charge in [0.2, 0.25) is 0 Å². The van der Waals surface area contributed by atoms with Gasteiger partial charge in [-0.3, -0.25) is 4.90 Å². The lowest BCUT2D eigenvalue weighted by Crippen LogP contribution is -2.43. The molecule has 1 atom stereocenters. The zero-order valence-corrected chi connectivity index (χ0v) is 11.7. The molecule has 1 aliphatic heterocycles.